The van der Waals surface area contributed by atoms with Crippen molar-refractivity contribution < 1.29 is 4.39 Å². The van der Waals surface area contributed by atoms with Gasteiger partial charge in [0, 0.05) is 17.2 Å². The molecule has 0 saturated carbocycles. The van der Waals surface area contributed by atoms with Crippen molar-refractivity contribution in [3.05, 3.63) is 52.6 Å². The second-order valence-corrected chi connectivity index (χ2v) is 4.38. The summed E-state index contributed by atoms with van der Waals surface area (Å²) < 4.78 is 14.2. The zero-order valence-corrected chi connectivity index (χ0v) is 10.4. The van der Waals surface area contributed by atoms with Gasteiger partial charge in [-0.25, -0.2) is 9.37 Å². The number of nitrogens with one attached hydrogen (secondary N) is 1. The normalized spacial score (nSPS) is 10.8. The van der Waals surface area contributed by atoms with Gasteiger partial charge in [0.05, 0.1) is 5.52 Å². The van der Waals surface area contributed by atoms with Gasteiger partial charge in [-0.3, -0.25) is 4.79 Å². The second kappa shape index (κ2) is 4.34. The number of aromatic nitrogens is 2. The lowest BCUT2D eigenvalue weighted by atomic mass is 10.0. The van der Waals surface area contributed by atoms with Gasteiger partial charge in [0.1, 0.15) is 17.5 Å². The summed E-state index contributed by atoms with van der Waals surface area (Å²) in [6, 6.07) is 9.04. The van der Waals surface area contributed by atoms with E-state index < -0.39 is 5.82 Å². The number of nitrogens with two attached hydrogens (primary N) is 2. The molecule has 5 N–H and O–H groups in total. The van der Waals surface area contributed by atoms with E-state index in [0.29, 0.717) is 16.5 Å². The fourth-order valence-corrected chi connectivity index (χ4v) is 2.16. The van der Waals surface area contributed by atoms with Crippen LogP contribution in [0.4, 0.5) is 16.0 Å². The minimum atomic E-state index is -0.488. The fourth-order valence-electron chi connectivity index (χ4n) is 2.16. The van der Waals surface area contributed by atoms with Crippen molar-refractivity contribution in [2.45, 2.75) is 0 Å². The number of hydrogen-bond donors (Lipinski definition) is 3. The van der Waals surface area contributed by atoms with Crippen molar-refractivity contribution in [1.82, 2.24) is 9.97 Å². The first-order valence-electron chi connectivity index (χ1n) is 5.90. The molecule has 3 aromatic rings. The minimum Gasteiger partial charge on any atom is -0.384 e. The van der Waals surface area contributed by atoms with Crippen molar-refractivity contribution in [2.75, 3.05) is 11.5 Å². The quantitative estimate of drug-likeness (QED) is 0.629. The van der Waals surface area contributed by atoms with Crippen LogP contribution >= 0.6 is 0 Å². The Morgan fingerprint density at radius 2 is 1.80 bits per heavy atom. The highest BCUT2D eigenvalue weighted by Gasteiger charge is 2.14. The molecule has 0 saturated heterocycles. The smallest absolute Gasteiger partial charge is 0.248 e. The van der Waals surface area contributed by atoms with Crippen LogP contribution in [0.1, 0.15) is 0 Å². The number of anilines is 2. The van der Waals surface area contributed by atoms with Gasteiger partial charge in [-0.05, 0) is 35.7 Å². The number of fused-ring (bicyclic) bond motifs is 1. The molecule has 2 heterocycles. The molecular formula is C14H11FN4O. The van der Waals surface area contributed by atoms with E-state index in [1.165, 1.54) is 18.2 Å². The van der Waals surface area contributed by atoms with Gasteiger partial charge < -0.3 is 16.5 Å². The summed E-state index contributed by atoms with van der Waals surface area (Å²) in [6.45, 7) is 0. The molecule has 0 radical (unpaired) electrons. The number of benzene rings is 1. The summed E-state index contributed by atoms with van der Waals surface area (Å²) in [4.78, 5) is 18.0. The molecule has 0 amide bonds. The summed E-state index contributed by atoms with van der Waals surface area (Å²) in [5.74, 6) is -0.126. The summed E-state index contributed by atoms with van der Waals surface area (Å²) >= 11 is 0. The molecule has 0 fully saturated rings. The first-order chi connectivity index (χ1) is 9.56. The Balaban J connectivity index is 2.43. The summed E-state index contributed by atoms with van der Waals surface area (Å²) in [5, 5.41) is 0.706. The molecule has 0 aliphatic carbocycles. The molecule has 5 nitrogen and oxygen atoms in total. The molecule has 0 bridgehead atoms. The molecule has 0 aliphatic rings. The van der Waals surface area contributed by atoms with E-state index in [1.54, 1.807) is 18.2 Å². The zero-order valence-electron chi connectivity index (χ0n) is 10.4. The van der Waals surface area contributed by atoms with Crippen molar-refractivity contribution >= 4 is 22.5 Å². The van der Waals surface area contributed by atoms with Crippen molar-refractivity contribution in [3.63, 3.8) is 0 Å². The predicted octanol–water partition coefficient (Wildman–Crippen LogP) is 1.89. The van der Waals surface area contributed by atoms with Gasteiger partial charge in [-0.2, -0.15) is 0 Å². The molecule has 100 valence electrons. The molecule has 20 heavy (non-hydrogen) atoms. The van der Waals surface area contributed by atoms with Crippen LogP contribution in [0, 0.1) is 5.82 Å². The number of pyridine rings is 2. The standard InChI is InChI=1S/C14H11FN4O/c15-9-4-1-7-2-6-11(20)19-13(7)12(9)8-3-5-10(16)18-14(8)17/h1-6H,(H,19,20)(H4,16,17,18). The first kappa shape index (κ1) is 12.2. The number of nitrogen functional groups attached to an aromatic ring is 2. The van der Waals surface area contributed by atoms with Gasteiger partial charge in [0.25, 0.3) is 0 Å². The minimum absolute atomic E-state index is 0.112. The van der Waals surface area contributed by atoms with E-state index in [4.69, 9.17) is 11.5 Å². The van der Waals surface area contributed by atoms with Gasteiger partial charge in [0.15, 0.2) is 0 Å². The number of hydrogen-bond acceptors (Lipinski definition) is 4. The Bertz CT molecular complexity index is 873. The SMILES string of the molecule is Nc1ccc(-c2c(F)ccc3ccc(=O)[nH]c23)c(N)n1. The number of aromatic amines is 1. The Kier molecular flexibility index (Phi) is 2.64. The largest absolute Gasteiger partial charge is 0.384 e. The van der Waals surface area contributed by atoms with E-state index in [0.717, 1.165) is 0 Å². The van der Waals surface area contributed by atoms with E-state index >= 15 is 0 Å². The number of halogens is 1. The average molecular weight is 270 g/mol. The van der Waals surface area contributed by atoms with E-state index in [9.17, 15) is 9.18 Å². The van der Waals surface area contributed by atoms with Crippen molar-refractivity contribution in [1.29, 1.82) is 0 Å². The van der Waals surface area contributed by atoms with Crippen LogP contribution in [-0.4, -0.2) is 9.97 Å². The van der Waals surface area contributed by atoms with Gasteiger partial charge >= 0.3 is 0 Å². The Morgan fingerprint density at radius 3 is 2.55 bits per heavy atom. The third kappa shape index (κ3) is 1.87. The van der Waals surface area contributed by atoms with E-state index in [1.807, 2.05) is 0 Å². The fraction of sp³-hybridized carbons (Fsp3) is 0. The van der Waals surface area contributed by atoms with Crippen LogP contribution in [0.25, 0.3) is 22.0 Å². The number of H-pyrrole nitrogens is 1. The van der Waals surface area contributed by atoms with Crippen LogP contribution in [0.15, 0.2) is 41.2 Å². The highest BCUT2D eigenvalue weighted by atomic mass is 19.1. The maximum Gasteiger partial charge on any atom is 0.248 e. The molecule has 2 aromatic heterocycles. The van der Waals surface area contributed by atoms with Gasteiger partial charge in [-0.15, -0.1) is 0 Å². The summed E-state index contributed by atoms with van der Waals surface area (Å²) in [6.07, 6.45) is 0. The van der Waals surface area contributed by atoms with Crippen LogP contribution < -0.4 is 17.0 Å². The lowest BCUT2D eigenvalue weighted by Gasteiger charge is -2.10. The average Bonchev–Trinajstić information content (AvgIpc) is 2.40. The third-order valence-corrected chi connectivity index (χ3v) is 3.06. The molecule has 1 aromatic carbocycles. The third-order valence-electron chi connectivity index (χ3n) is 3.06. The van der Waals surface area contributed by atoms with Crippen LogP contribution in [0.5, 0.6) is 0 Å². The molecule has 6 heteroatoms. The van der Waals surface area contributed by atoms with Crippen molar-refractivity contribution in [3.8, 4) is 11.1 Å². The first-order valence-corrected chi connectivity index (χ1v) is 5.90. The zero-order chi connectivity index (χ0) is 14.3. The van der Waals surface area contributed by atoms with Crippen LogP contribution in [0.3, 0.4) is 0 Å². The summed E-state index contributed by atoms with van der Waals surface area (Å²) in [7, 11) is 0. The Morgan fingerprint density at radius 1 is 1.05 bits per heavy atom. The van der Waals surface area contributed by atoms with Crippen LogP contribution in [0.2, 0.25) is 0 Å². The molecule has 0 spiro atoms. The Labute approximate surface area is 113 Å². The Hall–Kier alpha value is -2.89. The predicted molar refractivity (Wildman–Crippen MR) is 76.6 cm³/mol. The van der Waals surface area contributed by atoms with E-state index in [-0.39, 0.29) is 22.8 Å². The van der Waals surface area contributed by atoms with Crippen LogP contribution in [-0.2, 0) is 0 Å². The van der Waals surface area contributed by atoms with E-state index in [2.05, 4.69) is 9.97 Å². The molecular weight excluding hydrogens is 259 g/mol. The number of rotatable bonds is 1. The topological polar surface area (TPSA) is 97.8 Å². The molecule has 0 aliphatic heterocycles. The summed E-state index contributed by atoms with van der Waals surface area (Å²) in [5.41, 5.74) is 12.0. The molecule has 0 unspecified atom stereocenters. The lowest BCUT2D eigenvalue weighted by Crippen LogP contribution is -2.05. The highest BCUT2D eigenvalue weighted by Crippen LogP contribution is 2.32. The van der Waals surface area contributed by atoms with Gasteiger partial charge in [-0.1, -0.05) is 0 Å². The van der Waals surface area contributed by atoms with Crippen molar-refractivity contribution in [2.24, 2.45) is 0 Å². The lowest BCUT2D eigenvalue weighted by molar-refractivity contribution is 0.632. The highest BCUT2D eigenvalue weighted by molar-refractivity contribution is 5.96. The number of nitrogens with zero attached hydrogens (tertiary/aromatic N) is 1. The second-order valence-electron chi connectivity index (χ2n) is 4.38. The maximum absolute atomic E-state index is 14.2. The molecule has 0 atom stereocenters. The monoisotopic (exact) mass is 270 g/mol. The maximum atomic E-state index is 14.2. The molecule has 3 rings (SSSR count). The van der Waals surface area contributed by atoms with Gasteiger partial charge in [0.2, 0.25) is 5.56 Å².